The van der Waals surface area contributed by atoms with Gasteiger partial charge in [-0.25, -0.2) is 0 Å². The number of benzene rings is 1. The molecule has 8 heteroatoms. The Hall–Kier alpha value is -2.00. The number of likely N-dealkylation sites (tertiary alicyclic amines) is 1. The van der Waals surface area contributed by atoms with Crippen LogP contribution in [-0.4, -0.2) is 84.8 Å². The number of amides is 2. The van der Waals surface area contributed by atoms with Crippen LogP contribution in [0.15, 0.2) is 24.3 Å². The number of carbonyl (C=O) groups excluding carboxylic acids is 2. The van der Waals surface area contributed by atoms with Crippen LogP contribution < -0.4 is 11.1 Å². The van der Waals surface area contributed by atoms with E-state index in [0.717, 1.165) is 13.1 Å². The van der Waals surface area contributed by atoms with Gasteiger partial charge in [0.05, 0.1) is 25.9 Å². The van der Waals surface area contributed by atoms with Gasteiger partial charge < -0.3 is 20.9 Å². The first-order valence-electron chi connectivity index (χ1n) is 8.45. The lowest BCUT2D eigenvalue weighted by atomic mass is 10.2. The molecule has 0 bridgehead atoms. The number of aliphatic hydroxyl groups is 1. The molecule has 0 aromatic heterocycles. The maximum Gasteiger partial charge on any atom is 0.248 e. The molecular weight excluding hydrogens is 324 g/mol. The molecule has 136 valence electrons. The largest absolute Gasteiger partial charge is 0.390 e. The van der Waals surface area contributed by atoms with Gasteiger partial charge in [-0.15, -0.1) is 0 Å². The normalized spacial score (nSPS) is 25.0. The standard InChI is InChI=1S/C17H24N4O4/c18-17(24)12-1-3-13(4-2-12)19-16(23)11-20-9-14(15(22)10-20)21-5-7-25-8-6-21/h1-4,14-15,22H,5-11H2,(H2,18,24)(H,19,23)/t14-,15-/m0/s1. The number of nitrogens with zero attached hydrogens (tertiary/aromatic N) is 2. The van der Waals surface area contributed by atoms with Crippen molar-refractivity contribution in [2.45, 2.75) is 12.1 Å². The van der Waals surface area contributed by atoms with Crippen LogP contribution in [-0.2, 0) is 9.53 Å². The van der Waals surface area contributed by atoms with E-state index in [2.05, 4.69) is 10.2 Å². The van der Waals surface area contributed by atoms with Crippen molar-refractivity contribution < 1.29 is 19.4 Å². The summed E-state index contributed by atoms with van der Waals surface area (Å²) in [7, 11) is 0. The first-order chi connectivity index (χ1) is 12.0. The summed E-state index contributed by atoms with van der Waals surface area (Å²) < 4.78 is 5.35. The van der Waals surface area contributed by atoms with Crippen LogP contribution in [0.4, 0.5) is 5.69 Å². The first kappa shape index (κ1) is 17.8. The molecule has 3 rings (SSSR count). The number of rotatable bonds is 5. The van der Waals surface area contributed by atoms with E-state index in [1.165, 1.54) is 0 Å². The molecule has 4 N–H and O–H groups in total. The third kappa shape index (κ3) is 4.55. The summed E-state index contributed by atoms with van der Waals surface area (Å²) in [5.41, 5.74) is 6.20. The lowest BCUT2D eigenvalue weighted by molar-refractivity contribution is -0.117. The van der Waals surface area contributed by atoms with Gasteiger partial charge >= 0.3 is 0 Å². The Bertz CT molecular complexity index is 616. The molecule has 8 nitrogen and oxygen atoms in total. The number of β-amino-alcohol motifs (C(OH)–C–C–N with tert-alkyl or cyclic N) is 1. The summed E-state index contributed by atoms with van der Waals surface area (Å²) in [5.74, 6) is -0.653. The van der Waals surface area contributed by atoms with E-state index in [-0.39, 0.29) is 18.5 Å². The lowest BCUT2D eigenvalue weighted by Gasteiger charge is -2.33. The molecule has 0 aliphatic carbocycles. The van der Waals surface area contributed by atoms with E-state index in [9.17, 15) is 14.7 Å². The number of hydrogen-bond donors (Lipinski definition) is 3. The van der Waals surface area contributed by atoms with Gasteiger partial charge in [0.1, 0.15) is 0 Å². The fourth-order valence-electron chi connectivity index (χ4n) is 3.37. The Labute approximate surface area is 146 Å². The average Bonchev–Trinajstić information content (AvgIpc) is 2.96. The van der Waals surface area contributed by atoms with Crippen LogP contribution in [0.5, 0.6) is 0 Å². The van der Waals surface area contributed by atoms with Crippen LogP contribution in [0.3, 0.4) is 0 Å². The molecule has 2 aliphatic rings. The third-order valence-electron chi connectivity index (χ3n) is 4.67. The molecule has 1 aromatic carbocycles. The van der Waals surface area contributed by atoms with E-state index in [4.69, 9.17) is 10.5 Å². The van der Waals surface area contributed by atoms with E-state index in [1.54, 1.807) is 24.3 Å². The van der Waals surface area contributed by atoms with Crippen molar-refractivity contribution in [3.05, 3.63) is 29.8 Å². The van der Waals surface area contributed by atoms with Crippen LogP contribution in [0.1, 0.15) is 10.4 Å². The number of carbonyl (C=O) groups is 2. The van der Waals surface area contributed by atoms with Gasteiger partial charge in [0, 0.05) is 43.5 Å². The number of ether oxygens (including phenoxy) is 1. The summed E-state index contributed by atoms with van der Waals surface area (Å²) in [6, 6.07) is 6.49. The zero-order chi connectivity index (χ0) is 17.8. The van der Waals surface area contributed by atoms with Crippen molar-refractivity contribution in [3.8, 4) is 0 Å². The molecule has 0 saturated carbocycles. The molecule has 2 atom stereocenters. The number of hydrogen-bond acceptors (Lipinski definition) is 6. The fourth-order valence-corrected chi connectivity index (χ4v) is 3.37. The van der Waals surface area contributed by atoms with Crippen molar-refractivity contribution in [1.82, 2.24) is 9.80 Å². The molecule has 2 fully saturated rings. The van der Waals surface area contributed by atoms with Crippen LogP contribution in [0.25, 0.3) is 0 Å². The maximum absolute atomic E-state index is 12.2. The molecule has 2 heterocycles. The lowest BCUT2D eigenvalue weighted by Crippen LogP contribution is -2.49. The highest BCUT2D eigenvalue weighted by atomic mass is 16.5. The summed E-state index contributed by atoms with van der Waals surface area (Å²) in [6.07, 6.45) is -0.458. The molecule has 2 amide bonds. The van der Waals surface area contributed by atoms with Crippen LogP contribution in [0, 0.1) is 0 Å². The maximum atomic E-state index is 12.2. The minimum absolute atomic E-state index is 0.0477. The van der Waals surface area contributed by atoms with Crippen LogP contribution in [0.2, 0.25) is 0 Å². The second-order valence-electron chi connectivity index (χ2n) is 6.47. The second kappa shape index (κ2) is 7.92. The number of anilines is 1. The quantitative estimate of drug-likeness (QED) is 0.637. The number of nitrogens with one attached hydrogen (secondary N) is 1. The average molecular weight is 348 g/mol. The van der Waals surface area contributed by atoms with Gasteiger partial charge in [0.2, 0.25) is 11.8 Å². The summed E-state index contributed by atoms with van der Waals surface area (Å²) in [5, 5.41) is 13.1. The highest BCUT2D eigenvalue weighted by Crippen LogP contribution is 2.18. The summed E-state index contributed by atoms with van der Waals surface area (Å²) in [6.45, 7) is 4.36. The topological polar surface area (TPSA) is 108 Å². The Morgan fingerprint density at radius 2 is 1.88 bits per heavy atom. The van der Waals surface area contributed by atoms with Gasteiger partial charge in [-0.05, 0) is 24.3 Å². The fraction of sp³-hybridized carbons (Fsp3) is 0.529. The number of aliphatic hydroxyl groups excluding tert-OH is 1. The van der Waals surface area contributed by atoms with Crippen molar-refractivity contribution in [2.24, 2.45) is 5.73 Å². The van der Waals surface area contributed by atoms with E-state index in [0.29, 0.717) is 37.6 Å². The predicted octanol–water partition coefficient (Wildman–Crippen LogP) is -0.899. The molecular formula is C17H24N4O4. The molecule has 2 aliphatic heterocycles. The molecule has 2 saturated heterocycles. The first-order valence-corrected chi connectivity index (χ1v) is 8.45. The highest BCUT2D eigenvalue weighted by Gasteiger charge is 2.36. The number of primary amides is 1. The number of nitrogens with two attached hydrogens (primary N) is 1. The molecule has 25 heavy (non-hydrogen) atoms. The Balaban J connectivity index is 1.50. The van der Waals surface area contributed by atoms with Crippen LogP contribution >= 0.6 is 0 Å². The third-order valence-corrected chi connectivity index (χ3v) is 4.67. The van der Waals surface area contributed by atoms with Crippen molar-refractivity contribution in [3.63, 3.8) is 0 Å². The minimum atomic E-state index is -0.502. The van der Waals surface area contributed by atoms with Crippen molar-refractivity contribution >= 4 is 17.5 Å². The molecule has 0 spiro atoms. The van der Waals surface area contributed by atoms with E-state index in [1.807, 2.05) is 4.90 Å². The predicted molar refractivity (Wildman–Crippen MR) is 92.2 cm³/mol. The second-order valence-corrected chi connectivity index (χ2v) is 6.47. The summed E-state index contributed by atoms with van der Waals surface area (Å²) in [4.78, 5) is 27.5. The smallest absolute Gasteiger partial charge is 0.248 e. The van der Waals surface area contributed by atoms with Gasteiger partial charge in [-0.3, -0.25) is 19.4 Å². The Morgan fingerprint density at radius 3 is 2.52 bits per heavy atom. The van der Waals surface area contributed by atoms with Crippen molar-refractivity contribution in [2.75, 3.05) is 51.3 Å². The Morgan fingerprint density at radius 1 is 1.20 bits per heavy atom. The summed E-state index contributed by atoms with van der Waals surface area (Å²) >= 11 is 0. The molecule has 0 radical (unpaired) electrons. The van der Waals surface area contributed by atoms with Gasteiger partial charge in [0.15, 0.2) is 0 Å². The zero-order valence-corrected chi connectivity index (χ0v) is 14.1. The van der Waals surface area contributed by atoms with Crippen molar-refractivity contribution in [1.29, 1.82) is 0 Å². The van der Waals surface area contributed by atoms with E-state index < -0.39 is 12.0 Å². The number of morpholine rings is 1. The SMILES string of the molecule is NC(=O)c1ccc(NC(=O)CN2C[C@H](O)[C@@H](N3CCOCC3)C2)cc1. The highest BCUT2D eigenvalue weighted by molar-refractivity contribution is 5.95. The monoisotopic (exact) mass is 348 g/mol. The molecule has 1 aromatic rings. The molecule has 0 unspecified atom stereocenters. The van der Waals surface area contributed by atoms with Gasteiger partial charge in [-0.2, -0.15) is 0 Å². The van der Waals surface area contributed by atoms with E-state index >= 15 is 0 Å². The minimum Gasteiger partial charge on any atom is -0.390 e. The zero-order valence-electron chi connectivity index (χ0n) is 14.1. The van der Waals surface area contributed by atoms with Gasteiger partial charge in [-0.1, -0.05) is 0 Å². The van der Waals surface area contributed by atoms with Gasteiger partial charge in [0.25, 0.3) is 0 Å². The Kier molecular flexibility index (Phi) is 5.64.